The molecule has 0 saturated carbocycles. The number of hydrogen-bond acceptors (Lipinski definition) is 3. The Labute approximate surface area is 111 Å². The normalized spacial score (nSPS) is 10.4. The van der Waals surface area contributed by atoms with Gasteiger partial charge in [-0.2, -0.15) is 10.4 Å². The van der Waals surface area contributed by atoms with E-state index in [1.807, 2.05) is 13.8 Å². The van der Waals surface area contributed by atoms with Gasteiger partial charge in [-0.3, -0.25) is 0 Å². The van der Waals surface area contributed by atoms with Crippen molar-refractivity contribution in [2.45, 2.75) is 33.2 Å². The maximum Gasteiger partial charge on any atom is 0.150 e. The molecule has 98 valence electrons. The highest BCUT2D eigenvalue weighted by Gasteiger charge is 2.10. The second-order valence-electron chi connectivity index (χ2n) is 4.22. The maximum atomic E-state index is 13.3. The molecule has 1 heterocycles. The van der Waals surface area contributed by atoms with Gasteiger partial charge in [0.05, 0.1) is 18.2 Å². The van der Waals surface area contributed by atoms with Crippen molar-refractivity contribution in [3.05, 3.63) is 46.8 Å². The topological polar surface area (TPSA) is 54.5 Å². The molecule has 1 aromatic carbocycles. The van der Waals surface area contributed by atoms with Crippen molar-refractivity contribution in [1.29, 1.82) is 5.26 Å². The molecule has 1 aromatic heterocycles. The second kappa shape index (κ2) is 5.61. The SMILES string of the molecule is CCc1nc(CC)n(Cc2cc(F)ccc2C#N)n1. The Morgan fingerprint density at radius 1 is 1.32 bits per heavy atom. The smallest absolute Gasteiger partial charge is 0.150 e. The fraction of sp³-hybridized carbons (Fsp3) is 0.357. The summed E-state index contributed by atoms with van der Waals surface area (Å²) in [5.41, 5.74) is 1.10. The Morgan fingerprint density at radius 2 is 2.11 bits per heavy atom. The highest BCUT2D eigenvalue weighted by Crippen LogP contribution is 2.13. The summed E-state index contributed by atoms with van der Waals surface area (Å²) in [4.78, 5) is 4.40. The van der Waals surface area contributed by atoms with Crippen LogP contribution in [-0.4, -0.2) is 14.8 Å². The van der Waals surface area contributed by atoms with Crippen molar-refractivity contribution in [3.63, 3.8) is 0 Å². The number of aromatic nitrogens is 3. The van der Waals surface area contributed by atoms with Gasteiger partial charge in [0, 0.05) is 12.8 Å². The molecule has 2 rings (SSSR count). The molecular formula is C14H15FN4. The van der Waals surface area contributed by atoms with Crippen LogP contribution < -0.4 is 0 Å². The molecule has 0 spiro atoms. The number of aryl methyl sites for hydroxylation is 2. The quantitative estimate of drug-likeness (QED) is 0.846. The summed E-state index contributed by atoms with van der Waals surface area (Å²) in [5, 5.41) is 13.4. The van der Waals surface area contributed by atoms with E-state index >= 15 is 0 Å². The number of hydrogen-bond donors (Lipinski definition) is 0. The first-order valence-corrected chi connectivity index (χ1v) is 6.29. The lowest BCUT2D eigenvalue weighted by atomic mass is 10.1. The van der Waals surface area contributed by atoms with E-state index in [4.69, 9.17) is 5.26 Å². The first-order valence-electron chi connectivity index (χ1n) is 6.29. The van der Waals surface area contributed by atoms with Crippen molar-refractivity contribution in [1.82, 2.24) is 14.8 Å². The third-order valence-electron chi connectivity index (χ3n) is 2.93. The van der Waals surface area contributed by atoms with Crippen molar-refractivity contribution < 1.29 is 4.39 Å². The minimum atomic E-state index is -0.345. The highest BCUT2D eigenvalue weighted by molar-refractivity contribution is 5.38. The first-order chi connectivity index (χ1) is 9.17. The summed E-state index contributed by atoms with van der Waals surface area (Å²) >= 11 is 0. The molecule has 0 N–H and O–H groups in total. The van der Waals surface area contributed by atoms with E-state index in [-0.39, 0.29) is 5.82 Å². The van der Waals surface area contributed by atoms with E-state index in [9.17, 15) is 4.39 Å². The standard InChI is InChI=1S/C14H15FN4/c1-3-13-17-14(4-2)19(18-13)9-11-7-12(15)6-5-10(11)8-16/h5-7H,3-4,9H2,1-2H3. The van der Waals surface area contributed by atoms with Crippen LogP contribution in [0.2, 0.25) is 0 Å². The molecule has 0 radical (unpaired) electrons. The van der Waals surface area contributed by atoms with Crippen LogP contribution in [0.25, 0.3) is 0 Å². The highest BCUT2D eigenvalue weighted by atomic mass is 19.1. The van der Waals surface area contributed by atoms with Gasteiger partial charge in [0.2, 0.25) is 0 Å². The lowest BCUT2D eigenvalue weighted by Gasteiger charge is -2.06. The number of rotatable bonds is 4. The Bertz CT molecular complexity index is 625. The van der Waals surface area contributed by atoms with Gasteiger partial charge in [-0.05, 0) is 23.8 Å². The van der Waals surface area contributed by atoms with Gasteiger partial charge in [0.1, 0.15) is 11.6 Å². The summed E-state index contributed by atoms with van der Waals surface area (Å²) in [6.45, 7) is 4.36. The third kappa shape index (κ3) is 2.79. The molecule has 4 nitrogen and oxygen atoms in total. The zero-order chi connectivity index (χ0) is 13.8. The molecule has 0 aliphatic rings. The first kappa shape index (κ1) is 13.2. The van der Waals surface area contributed by atoms with Crippen LogP contribution in [0, 0.1) is 17.1 Å². The Hall–Kier alpha value is -2.22. The van der Waals surface area contributed by atoms with Crippen LogP contribution in [0.4, 0.5) is 4.39 Å². The number of benzene rings is 1. The lowest BCUT2D eigenvalue weighted by Crippen LogP contribution is -2.08. The molecular weight excluding hydrogens is 243 g/mol. The molecule has 19 heavy (non-hydrogen) atoms. The average Bonchev–Trinajstić information content (AvgIpc) is 2.81. The summed E-state index contributed by atoms with van der Waals surface area (Å²) < 4.78 is 15.0. The molecule has 0 saturated heterocycles. The van der Waals surface area contributed by atoms with Crippen LogP contribution in [-0.2, 0) is 19.4 Å². The second-order valence-corrected chi connectivity index (χ2v) is 4.22. The van der Waals surface area contributed by atoms with E-state index in [0.29, 0.717) is 17.7 Å². The number of halogens is 1. The third-order valence-corrected chi connectivity index (χ3v) is 2.93. The van der Waals surface area contributed by atoms with Crippen LogP contribution >= 0.6 is 0 Å². The Balaban J connectivity index is 2.38. The van der Waals surface area contributed by atoms with Crippen LogP contribution in [0.3, 0.4) is 0 Å². The van der Waals surface area contributed by atoms with Crippen molar-refractivity contribution in [2.75, 3.05) is 0 Å². The Kier molecular flexibility index (Phi) is 3.91. The van der Waals surface area contributed by atoms with Gasteiger partial charge in [0.15, 0.2) is 5.82 Å². The van der Waals surface area contributed by atoms with Crippen LogP contribution in [0.5, 0.6) is 0 Å². The number of nitriles is 1. The van der Waals surface area contributed by atoms with Gasteiger partial charge in [-0.25, -0.2) is 14.1 Å². The van der Waals surface area contributed by atoms with Crippen LogP contribution in [0.15, 0.2) is 18.2 Å². The molecule has 0 atom stereocenters. The summed E-state index contributed by atoms with van der Waals surface area (Å²) in [6, 6.07) is 6.24. The van der Waals surface area contributed by atoms with E-state index in [1.54, 1.807) is 4.68 Å². The van der Waals surface area contributed by atoms with E-state index in [1.165, 1.54) is 18.2 Å². The van der Waals surface area contributed by atoms with Gasteiger partial charge in [-0.15, -0.1) is 0 Å². The van der Waals surface area contributed by atoms with Crippen LogP contribution in [0.1, 0.15) is 36.6 Å². The van der Waals surface area contributed by atoms with E-state index < -0.39 is 0 Å². The molecule has 0 aliphatic carbocycles. The van der Waals surface area contributed by atoms with Crippen molar-refractivity contribution in [2.24, 2.45) is 0 Å². The zero-order valence-corrected chi connectivity index (χ0v) is 11.0. The summed E-state index contributed by atoms with van der Waals surface area (Å²) in [6.07, 6.45) is 1.51. The molecule has 0 bridgehead atoms. The summed E-state index contributed by atoms with van der Waals surface area (Å²) in [7, 11) is 0. The van der Waals surface area contributed by atoms with Gasteiger partial charge < -0.3 is 0 Å². The molecule has 0 fully saturated rings. The molecule has 0 unspecified atom stereocenters. The Morgan fingerprint density at radius 3 is 2.74 bits per heavy atom. The minimum Gasteiger partial charge on any atom is -0.245 e. The monoisotopic (exact) mass is 258 g/mol. The van der Waals surface area contributed by atoms with Gasteiger partial charge in [-0.1, -0.05) is 13.8 Å². The summed E-state index contributed by atoms with van der Waals surface area (Å²) in [5.74, 6) is 1.28. The zero-order valence-electron chi connectivity index (χ0n) is 11.0. The lowest BCUT2D eigenvalue weighted by molar-refractivity contribution is 0.609. The fourth-order valence-electron chi connectivity index (χ4n) is 1.93. The molecule has 5 heteroatoms. The largest absolute Gasteiger partial charge is 0.245 e. The van der Waals surface area contributed by atoms with Crippen molar-refractivity contribution >= 4 is 0 Å². The maximum absolute atomic E-state index is 13.3. The predicted octanol–water partition coefficient (Wildman–Crippen LogP) is 2.46. The average molecular weight is 258 g/mol. The molecule has 2 aromatic rings. The van der Waals surface area contributed by atoms with E-state index in [0.717, 1.165) is 24.5 Å². The predicted molar refractivity (Wildman–Crippen MR) is 69.0 cm³/mol. The fourth-order valence-corrected chi connectivity index (χ4v) is 1.93. The minimum absolute atomic E-state index is 0.345. The van der Waals surface area contributed by atoms with Gasteiger partial charge in [0.25, 0.3) is 0 Å². The van der Waals surface area contributed by atoms with Gasteiger partial charge >= 0.3 is 0 Å². The molecule has 0 amide bonds. The number of nitrogens with zero attached hydrogens (tertiary/aromatic N) is 4. The molecule has 0 aliphatic heterocycles. The van der Waals surface area contributed by atoms with E-state index in [2.05, 4.69) is 16.2 Å². The van der Waals surface area contributed by atoms with Crippen molar-refractivity contribution in [3.8, 4) is 6.07 Å².